The molecular weight excluding hydrogens is 248 g/mol. The molecule has 0 aliphatic carbocycles. The molecule has 1 N–H and O–H groups in total. The number of furan rings is 1. The van der Waals surface area contributed by atoms with Gasteiger partial charge < -0.3 is 18.7 Å². The van der Waals surface area contributed by atoms with Gasteiger partial charge in [0, 0.05) is 6.07 Å². The van der Waals surface area contributed by atoms with E-state index in [0.717, 1.165) is 0 Å². The number of aromatic hydroxyl groups is 1. The summed E-state index contributed by atoms with van der Waals surface area (Å²) in [7, 11) is 1.52. The first-order chi connectivity index (χ1) is 9.20. The van der Waals surface area contributed by atoms with Crippen LogP contribution in [0, 0.1) is 0 Å². The van der Waals surface area contributed by atoms with Crippen LogP contribution in [-0.2, 0) is 0 Å². The van der Waals surface area contributed by atoms with Gasteiger partial charge in [0.15, 0.2) is 5.76 Å². The lowest BCUT2D eigenvalue weighted by molar-refractivity contribution is 0.413. The minimum absolute atomic E-state index is 0.00996. The lowest BCUT2D eigenvalue weighted by Gasteiger charge is -2.05. The minimum Gasteiger partial charge on any atom is -0.501 e. The number of methoxy groups -OCH3 is 1. The van der Waals surface area contributed by atoms with Gasteiger partial charge in [-0.25, -0.2) is 0 Å². The standard InChI is InChI=1S/C14H10O5/c1-17-8-4-5-9-11(7-8)19-14(13(16)12(9)15)10-3-2-6-18-10/h2-7,16H,1H3. The van der Waals surface area contributed by atoms with Crippen LogP contribution in [0.5, 0.6) is 11.5 Å². The van der Waals surface area contributed by atoms with Crippen molar-refractivity contribution in [1.82, 2.24) is 0 Å². The van der Waals surface area contributed by atoms with Crippen LogP contribution in [0.15, 0.2) is 50.2 Å². The summed E-state index contributed by atoms with van der Waals surface area (Å²) in [5.41, 5.74) is -0.177. The Morgan fingerprint density at radius 2 is 2.11 bits per heavy atom. The summed E-state index contributed by atoms with van der Waals surface area (Å²) >= 11 is 0. The third kappa shape index (κ3) is 1.76. The van der Waals surface area contributed by atoms with Gasteiger partial charge in [-0.2, -0.15) is 0 Å². The minimum atomic E-state index is -0.504. The zero-order chi connectivity index (χ0) is 13.4. The molecule has 0 unspecified atom stereocenters. The van der Waals surface area contributed by atoms with Crippen molar-refractivity contribution in [3.63, 3.8) is 0 Å². The summed E-state index contributed by atoms with van der Waals surface area (Å²) in [6, 6.07) is 8.01. The van der Waals surface area contributed by atoms with Crippen molar-refractivity contribution >= 4 is 11.0 Å². The van der Waals surface area contributed by atoms with Gasteiger partial charge in [0.25, 0.3) is 0 Å². The molecule has 0 bridgehead atoms. The Hall–Kier alpha value is -2.69. The molecule has 0 saturated carbocycles. The van der Waals surface area contributed by atoms with Crippen LogP contribution >= 0.6 is 0 Å². The van der Waals surface area contributed by atoms with Crippen LogP contribution in [0.1, 0.15) is 0 Å². The molecule has 0 spiro atoms. The Labute approximate surface area is 107 Å². The highest BCUT2D eigenvalue weighted by molar-refractivity contribution is 5.82. The third-order valence-electron chi connectivity index (χ3n) is 2.82. The molecule has 96 valence electrons. The Balaban J connectivity index is 2.36. The van der Waals surface area contributed by atoms with Crippen LogP contribution in [0.3, 0.4) is 0 Å². The molecule has 1 aromatic carbocycles. The molecule has 3 rings (SSSR count). The van der Waals surface area contributed by atoms with Gasteiger partial charge in [0.1, 0.15) is 11.3 Å². The molecule has 0 amide bonds. The highest BCUT2D eigenvalue weighted by Crippen LogP contribution is 2.31. The molecule has 0 saturated heterocycles. The third-order valence-corrected chi connectivity index (χ3v) is 2.82. The van der Waals surface area contributed by atoms with Crippen molar-refractivity contribution in [1.29, 1.82) is 0 Å². The van der Waals surface area contributed by atoms with Crippen molar-refractivity contribution in [2.45, 2.75) is 0 Å². The quantitative estimate of drug-likeness (QED) is 0.765. The highest BCUT2D eigenvalue weighted by atomic mass is 16.5. The summed E-state index contributed by atoms with van der Waals surface area (Å²) in [6.45, 7) is 0. The first-order valence-corrected chi connectivity index (χ1v) is 5.58. The second kappa shape index (κ2) is 4.20. The number of fused-ring (bicyclic) bond motifs is 1. The van der Waals surface area contributed by atoms with Crippen LogP contribution in [-0.4, -0.2) is 12.2 Å². The fourth-order valence-electron chi connectivity index (χ4n) is 1.87. The topological polar surface area (TPSA) is 72.8 Å². The summed E-state index contributed by atoms with van der Waals surface area (Å²) in [4.78, 5) is 12.1. The monoisotopic (exact) mass is 258 g/mol. The second-order valence-electron chi connectivity index (χ2n) is 3.95. The molecule has 5 heteroatoms. The molecule has 0 aliphatic heterocycles. The highest BCUT2D eigenvalue weighted by Gasteiger charge is 2.17. The van der Waals surface area contributed by atoms with E-state index in [4.69, 9.17) is 13.6 Å². The summed E-state index contributed by atoms with van der Waals surface area (Å²) in [5.74, 6) is 0.398. The van der Waals surface area contributed by atoms with E-state index in [1.54, 1.807) is 30.3 Å². The first-order valence-electron chi connectivity index (χ1n) is 5.58. The predicted molar refractivity (Wildman–Crippen MR) is 68.4 cm³/mol. The first kappa shape index (κ1) is 11.4. The van der Waals surface area contributed by atoms with Gasteiger partial charge in [0.2, 0.25) is 16.9 Å². The van der Waals surface area contributed by atoms with Crippen LogP contribution in [0.25, 0.3) is 22.5 Å². The number of hydrogen-bond acceptors (Lipinski definition) is 5. The van der Waals surface area contributed by atoms with Gasteiger partial charge in [-0.3, -0.25) is 4.79 Å². The second-order valence-corrected chi connectivity index (χ2v) is 3.95. The fourth-order valence-corrected chi connectivity index (χ4v) is 1.87. The molecule has 3 aromatic rings. The Bertz CT molecular complexity index is 783. The van der Waals surface area contributed by atoms with Gasteiger partial charge in [-0.1, -0.05) is 0 Å². The van der Waals surface area contributed by atoms with E-state index in [1.807, 2.05) is 0 Å². The van der Waals surface area contributed by atoms with Crippen molar-refractivity contribution in [2.24, 2.45) is 0 Å². The van der Waals surface area contributed by atoms with Gasteiger partial charge >= 0.3 is 0 Å². The molecule has 5 nitrogen and oxygen atoms in total. The van der Waals surface area contributed by atoms with Gasteiger partial charge in [-0.15, -0.1) is 0 Å². The molecule has 0 aliphatic rings. The molecule has 19 heavy (non-hydrogen) atoms. The summed E-state index contributed by atoms with van der Waals surface area (Å²) < 4.78 is 15.7. The molecule has 0 fully saturated rings. The normalized spacial score (nSPS) is 10.8. The van der Waals surface area contributed by atoms with Crippen molar-refractivity contribution in [3.05, 3.63) is 46.8 Å². The lowest BCUT2D eigenvalue weighted by Crippen LogP contribution is -2.02. The number of ether oxygens (including phenoxy) is 1. The van der Waals surface area contributed by atoms with E-state index in [-0.39, 0.29) is 11.1 Å². The maximum absolute atomic E-state index is 12.1. The zero-order valence-electron chi connectivity index (χ0n) is 10.0. The SMILES string of the molecule is COc1ccc2c(=O)c(O)c(-c3ccco3)oc2c1. The zero-order valence-corrected chi connectivity index (χ0v) is 10.0. The van der Waals surface area contributed by atoms with Crippen molar-refractivity contribution in [3.8, 4) is 23.0 Å². The lowest BCUT2D eigenvalue weighted by atomic mass is 10.2. The summed E-state index contributed by atoms with van der Waals surface area (Å²) in [6.07, 6.45) is 1.44. The Morgan fingerprint density at radius 3 is 2.79 bits per heavy atom. The largest absolute Gasteiger partial charge is 0.501 e. The fraction of sp³-hybridized carbons (Fsp3) is 0.0714. The molecule has 2 aromatic heterocycles. The van der Waals surface area contributed by atoms with E-state index in [1.165, 1.54) is 13.4 Å². The molecule has 0 radical (unpaired) electrons. The van der Waals surface area contributed by atoms with Crippen LogP contribution in [0.4, 0.5) is 0 Å². The van der Waals surface area contributed by atoms with Gasteiger partial charge in [-0.05, 0) is 24.3 Å². The predicted octanol–water partition coefficient (Wildman–Crippen LogP) is 2.77. The van der Waals surface area contributed by atoms with E-state index in [0.29, 0.717) is 17.1 Å². The molecular formula is C14H10O5. The number of benzene rings is 1. The number of rotatable bonds is 2. The Morgan fingerprint density at radius 1 is 1.26 bits per heavy atom. The van der Waals surface area contributed by atoms with Gasteiger partial charge in [0.05, 0.1) is 18.8 Å². The van der Waals surface area contributed by atoms with Crippen LogP contribution < -0.4 is 10.2 Å². The number of hydrogen-bond donors (Lipinski definition) is 1. The summed E-state index contributed by atoms with van der Waals surface area (Å²) in [5, 5.41) is 10.2. The molecule has 0 atom stereocenters. The average molecular weight is 258 g/mol. The van der Waals surface area contributed by atoms with E-state index in [9.17, 15) is 9.90 Å². The maximum atomic E-state index is 12.1. The van der Waals surface area contributed by atoms with E-state index < -0.39 is 11.2 Å². The molecule has 2 heterocycles. The van der Waals surface area contributed by atoms with Crippen molar-refractivity contribution in [2.75, 3.05) is 7.11 Å². The maximum Gasteiger partial charge on any atom is 0.235 e. The van der Waals surface area contributed by atoms with Crippen LogP contribution in [0.2, 0.25) is 0 Å². The Kier molecular flexibility index (Phi) is 2.52. The van der Waals surface area contributed by atoms with Crippen molar-refractivity contribution < 1.29 is 18.7 Å². The van der Waals surface area contributed by atoms with E-state index >= 15 is 0 Å². The smallest absolute Gasteiger partial charge is 0.235 e. The average Bonchev–Trinajstić information content (AvgIpc) is 2.96. The van der Waals surface area contributed by atoms with E-state index in [2.05, 4.69) is 0 Å².